The lowest BCUT2D eigenvalue weighted by Crippen LogP contribution is -2.28. The van der Waals surface area contributed by atoms with Crippen LogP contribution in [0.25, 0.3) is 10.8 Å². The number of hydrogen-bond acceptors (Lipinski definition) is 6. The summed E-state index contributed by atoms with van der Waals surface area (Å²) < 4.78 is 15.1. The van der Waals surface area contributed by atoms with E-state index in [2.05, 4.69) is 98.7 Å². The molecule has 0 spiro atoms. The first-order valence-corrected chi connectivity index (χ1v) is 19.3. The Kier molecular flexibility index (Phi) is 10.1. The highest BCUT2D eigenvalue weighted by atomic mass is 31.2. The normalized spacial score (nSPS) is 17.2. The molecule has 2 aliphatic heterocycles. The van der Waals surface area contributed by atoms with Gasteiger partial charge in [-0.05, 0) is 80.3 Å². The summed E-state index contributed by atoms with van der Waals surface area (Å²) in [5.74, 6) is -1.21. The van der Waals surface area contributed by atoms with E-state index >= 15 is 0 Å². The zero-order chi connectivity index (χ0) is 37.4. The Balaban J connectivity index is 1.22. The van der Waals surface area contributed by atoms with Crippen LogP contribution in [0, 0.1) is 0 Å². The standard InChI is InChI=1S/C41H46N3O7P/c1-6-42-32-23-21-29(52(48,49)50)27-31(32)40(2,3)34(42)17-9-7-10-18-35-41(4,5)39-30-16-13-12-15-28(30)20-22-33(39)43(35)26-14-8-11-19-38(47)51-44-36(45)24-25-37(44)46/h7,9-10,12-13,15-18,20-25,27H,6,8,11,14,19,26H2,1-5H3,(H3-,45,46,48,49,50)/p+1. The van der Waals surface area contributed by atoms with Gasteiger partial charge in [-0.15, -0.1) is 4.73 Å². The minimum Gasteiger partial charge on any atom is -0.492 e. The van der Waals surface area contributed by atoms with E-state index in [0.29, 0.717) is 11.2 Å². The number of likely N-dealkylation sites (N-methyl/N-ethyl adjacent to an activating group) is 1. The molecule has 0 radical (unpaired) electrons. The van der Waals surface area contributed by atoms with Gasteiger partial charge >= 0.3 is 13.6 Å². The highest BCUT2D eigenvalue weighted by Gasteiger charge is 2.45. The van der Waals surface area contributed by atoms with Crippen molar-refractivity contribution in [3.8, 4) is 11.8 Å². The second-order valence-corrected chi connectivity index (χ2v) is 16.0. The number of rotatable bonds is 12. The predicted octanol–water partition coefficient (Wildman–Crippen LogP) is 7.26. The van der Waals surface area contributed by atoms with Crippen LogP contribution in [0.1, 0.15) is 71.4 Å². The van der Waals surface area contributed by atoms with Gasteiger partial charge in [0.1, 0.15) is 6.54 Å². The van der Waals surface area contributed by atoms with Gasteiger partial charge in [0.15, 0.2) is 5.71 Å². The minimum absolute atomic E-state index is 0.0299. The Bertz CT molecular complexity index is 2180. The lowest BCUT2D eigenvalue weighted by Gasteiger charge is -2.25. The van der Waals surface area contributed by atoms with Crippen LogP contribution in [-0.2, 0) is 20.2 Å². The fraction of sp³-hybridized carbons (Fsp3) is 0.317. The third-order valence-corrected chi connectivity index (χ3v) is 11.2. The average Bonchev–Trinajstić information content (AvgIpc) is 3.62. The molecule has 0 bridgehead atoms. The maximum atomic E-state index is 12.4. The van der Waals surface area contributed by atoms with Gasteiger partial charge < -0.3 is 29.7 Å². The molecule has 0 unspecified atom stereocenters. The van der Waals surface area contributed by atoms with Gasteiger partial charge in [0.05, 0.1) is 10.7 Å². The molecule has 11 heteroatoms. The largest absolute Gasteiger partial charge is 0.492 e. The molecule has 52 heavy (non-hydrogen) atoms. The summed E-state index contributed by atoms with van der Waals surface area (Å²) in [5.41, 5.74) is 5.80. The molecule has 0 aliphatic carbocycles. The average molecular weight is 725 g/mol. The number of aromatic nitrogens is 1. The van der Waals surface area contributed by atoms with Gasteiger partial charge in [0, 0.05) is 66.0 Å². The summed E-state index contributed by atoms with van der Waals surface area (Å²) in [6.07, 6.45) is 12.7. The summed E-state index contributed by atoms with van der Waals surface area (Å²) in [6, 6.07) is 20.3. The SMILES string of the molecule is CCN1C(=CC=CC=CC2=[N+](CCCCCC(=O)On3c(O)ccc3O)c3ccc4ccccc4c3C2(C)C)C(C)(C)c2cc(P(=O)(O)O)ccc21. The van der Waals surface area contributed by atoms with Crippen LogP contribution in [0.4, 0.5) is 11.4 Å². The second-order valence-electron chi connectivity index (χ2n) is 14.4. The molecular weight excluding hydrogens is 677 g/mol. The van der Waals surface area contributed by atoms with Gasteiger partial charge in [-0.1, -0.05) is 56.3 Å². The molecule has 0 saturated carbocycles. The van der Waals surface area contributed by atoms with Crippen LogP contribution < -0.4 is 15.0 Å². The van der Waals surface area contributed by atoms with Crippen molar-refractivity contribution >= 4 is 46.7 Å². The maximum absolute atomic E-state index is 12.4. The lowest BCUT2D eigenvalue weighted by atomic mass is 9.79. The first kappa shape index (κ1) is 36.9. The van der Waals surface area contributed by atoms with Crippen molar-refractivity contribution in [3.05, 3.63) is 114 Å². The zero-order valence-corrected chi connectivity index (χ0v) is 31.2. The highest BCUT2D eigenvalue weighted by molar-refractivity contribution is 7.60. The van der Waals surface area contributed by atoms with Gasteiger partial charge in [-0.3, -0.25) is 4.57 Å². The van der Waals surface area contributed by atoms with Crippen LogP contribution in [-0.4, -0.2) is 54.1 Å². The molecule has 4 N–H and O–H groups in total. The third-order valence-electron chi connectivity index (χ3n) is 10.3. The number of anilines is 1. The van der Waals surface area contributed by atoms with Crippen LogP contribution in [0.5, 0.6) is 11.8 Å². The summed E-state index contributed by atoms with van der Waals surface area (Å²) >= 11 is 0. The van der Waals surface area contributed by atoms with Crippen LogP contribution in [0.15, 0.2) is 103 Å². The minimum atomic E-state index is -4.38. The Labute approximate surface area is 304 Å². The summed E-state index contributed by atoms with van der Waals surface area (Å²) in [4.78, 5) is 39.3. The number of hydrogen-bond donors (Lipinski definition) is 4. The van der Waals surface area contributed by atoms with E-state index in [1.165, 1.54) is 45.9 Å². The topological polar surface area (TPSA) is 135 Å². The van der Waals surface area contributed by atoms with E-state index in [-0.39, 0.29) is 28.9 Å². The molecule has 3 heterocycles. The first-order valence-electron chi connectivity index (χ1n) is 17.7. The Morgan fingerprint density at radius 2 is 1.62 bits per heavy atom. The Morgan fingerprint density at radius 1 is 0.885 bits per heavy atom. The number of fused-ring (bicyclic) bond motifs is 4. The van der Waals surface area contributed by atoms with E-state index in [4.69, 9.17) is 4.84 Å². The molecule has 0 atom stereocenters. The van der Waals surface area contributed by atoms with E-state index in [1.807, 2.05) is 12.2 Å². The van der Waals surface area contributed by atoms with Gasteiger partial charge in [-0.25, -0.2) is 4.79 Å². The van der Waals surface area contributed by atoms with Crippen molar-refractivity contribution < 1.29 is 38.8 Å². The quantitative estimate of drug-likeness (QED) is 0.0519. The predicted molar refractivity (Wildman–Crippen MR) is 205 cm³/mol. The van der Waals surface area contributed by atoms with E-state index in [0.717, 1.165) is 42.9 Å². The van der Waals surface area contributed by atoms with Crippen molar-refractivity contribution in [1.82, 2.24) is 4.73 Å². The van der Waals surface area contributed by atoms with Crippen LogP contribution >= 0.6 is 7.60 Å². The third kappa shape index (κ3) is 6.86. The highest BCUT2D eigenvalue weighted by Crippen LogP contribution is 2.49. The number of unbranched alkanes of at least 4 members (excludes halogenated alkanes) is 2. The first-order chi connectivity index (χ1) is 24.7. The van der Waals surface area contributed by atoms with Crippen molar-refractivity contribution in [2.45, 2.75) is 71.1 Å². The number of carbonyl (C=O) groups is 1. The fourth-order valence-corrected chi connectivity index (χ4v) is 8.24. The van der Waals surface area contributed by atoms with Crippen molar-refractivity contribution in [1.29, 1.82) is 0 Å². The number of carbonyl (C=O) groups excluding carboxylic acids is 1. The fourth-order valence-electron chi connectivity index (χ4n) is 7.68. The molecule has 6 rings (SSSR count). The second kappa shape index (κ2) is 14.3. The van der Waals surface area contributed by atoms with Crippen LogP contribution in [0.3, 0.4) is 0 Å². The monoisotopic (exact) mass is 724 g/mol. The van der Waals surface area contributed by atoms with Gasteiger partial charge in [0.25, 0.3) is 0 Å². The van der Waals surface area contributed by atoms with Crippen molar-refractivity contribution in [3.63, 3.8) is 0 Å². The number of aromatic hydroxyl groups is 2. The molecule has 0 saturated heterocycles. The number of nitrogens with zero attached hydrogens (tertiary/aromatic N) is 3. The number of allylic oxidation sites excluding steroid dienone is 6. The van der Waals surface area contributed by atoms with E-state index in [1.54, 1.807) is 12.1 Å². The molecular formula is C41H47N3O7P+. The Hall–Kier alpha value is -4.89. The maximum Gasteiger partial charge on any atom is 0.356 e. The lowest BCUT2D eigenvalue weighted by molar-refractivity contribution is -0.438. The van der Waals surface area contributed by atoms with Crippen molar-refractivity contribution in [2.75, 3.05) is 18.0 Å². The summed E-state index contributed by atoms with van der Waals surface area (Å²) in [6.45, 7) is 12.2. The zero-order valence-electron chi connectivity index (χ0n) is 30.3. The molecule has 0 amide bonds. The molecule has 1 aromatic heterocycles. The van der Waals surface area contributed by atoms with E-state index < -0.39 is 19.0 Å². The van der Waals surface area contributed by atoms with Crippen molar-refractivity contribution in [2.24, 2.45) is 0 Å². The summed E-state index contributed by atoms with van der Waals surface area (Å²) in [7, 11) is -4.38. The Morgan fingerprint density at radius 3 is 2.33 bits per heavy atom. The smallest absolute Gasteiger partial charge is 0.356 e. The molecule has 272 valence electrons. The molecule has 4 aromatic rings. The molecule has 2 aliphatic rings. The molecule has 3 aromatic carbocycles. The van der Waals surface area contributed by atoms with Crippen LogP contribution in [0.2, 0.25) is 0 Å². The van der Waals surface area contributed by atoms with E-state index in [9.17, 15) is 29.4 Å². The molecule has 0 fully saturated rings. The summed E-state index contributed by atoms with van der Waals surface area (Å²) in [5, 5.41) is 22.0. The number of benzene rings is 3. The van der Waals surface area contributed by atoms with Gasteiger partial charge in [0.2, 0.25) is 17.4 Å². The molecule has 10 nitrogen and oxygen atoms in total. The van der Waals surface area contributed by atoms with Gasteiger partial charge in [-0.2, -0.15) is 4.58 Å².